The van der Waals surface area contributed by atoms with Gasteiger partial charge in [0, 0.05) is 52.0 Å². The molecule has 2 amide bonds. The van der Waals surface area contributed by atoms with E-state index in [-0.39, 0.29) is 31.1 Å². The van der Waals surface area contributed by atoms with E-state index in [4.69, 9.17) is 14.6 Å². The summed E-state index contributed by atoms with van der Waals surface area (Å²) < 4.78 is 10.9. The molecule has 0 aliphatic carbocycles. The van der Waals surface area contributed by atoms with Crippen LogP contribution in [0.25, 0.3) is 0 Å². The van der Waals surface area contributed by atoms with Gasteiger partial charge in [-0.3, -0.25) is 14.4 Å². The van der Waals surface area contributed by atoms with Crippen molar-refractivity contribution in [1.29, 1.82) is 0 Å². The highest BCUT2D eigenvalue weighted by atomic mass is 16.5. The fourth-order valence-electron chi connectivity index (χ4n) is 2.76. The minimum atomic E-state index is -0.738. The van der Waals surface area contributed by atoms with Crippen molar-refractivity contribution in [3.05, 3.63) is 0 Å². The van der Waals surface area contributed by atoms with E-state index in [1.165, 1.54) is 0 Å². The number of nitrogens with one attached hydrogen (secondary N) is 2. The molecular formula is C22H40N2O7. The van der Waals surface area contributed by atoms with E-state index >= 15 is 0 Å². The highest BCUT2D eigenvalue weighted by Crippen LogP contribution is 2.08. The summed E-state index contributed by atoms with van der Waals surface area (Å²) in [7, 11) is 0. The molecule has 0 atom stereocenters. The monoisotopic (exact) mass is 444 g/mol. The summed E-state index contributed by atoms with van der Waals surface area (Å²) >= 11 is 0. The summed E-state index contributed by atoms with van der Waals surface area (Å²) in [6.07, 6.45) is 9.04. The number of carbonyl (C=O) groups is 4. The molecule has 0 saturated carbocycles. The summed E-state index contributed by atoms with van der Waals surface area (Å²) in [4.78, 5) is 43.5. The number of carbonyl (C=O) groups excluding carboxylic acids is 3. The SMILES string of the molecule is O=CCCC(=O)NCCCOCCOCCCNC(=O)CCCCCCCCC(=O)O. The lowest BCUT2D eigenvalue weighted by Crippen LogP contribution is -2.25. The van der Waals surface area contributed by atoms with Crippen LogP contribution in [-0.2, 0) is 28.7 Å². The maximum Gasteiger partial charge on any atom is 0.303 e. The summed E-state index contributed by atoms with van der Waals surface area (Å²) in [5, 5.41) is 14.2. The van der Waals surface area contributed by atoms with Gasteiger partial charge >= 0.3 is 5.97 Å². The van der Waals surface area contributed by atoms with Gasteiger partial charge in [-0.15, -0.1) is 0 Å². The number of hydrogen-bond donors (Lipinski definition) is 3. The number of carboxylic acid groups (broad SMARTS) is 1. The highest BCUT2D eigenvalue weighted by Gasteiger charge is 2.02. The van der Waals surface area contributed by atoms with Crippen LogP contribution in [0.5, 0.6) is 0 Å². The third kappa shape index (κ3) is 24.1. The molecular weight excluding hydrogens is 404 g/mol. The first-order chi connectivity index (χ1) is 15.1. The van der Waals surface area contributed by atoms with E-state index in [0.29, 0.717) is 52.4 Å². The highest BCUT2D eigenvalue weighted by molar-refractivity contribution is 5.78. The van der Waals surface area contributed by atoms with Crippen LogP contribution in [0.4, 0.5) is 0 Å². The lowest BCUT2D eigenvalue weighted by atomic mass is 10.1. The molecule has 0 aromatic carbocycles. The van der Waals surface area contributed by atoms with Crippen molar-refractivity contribution in [1.82, 2.24) is 10.6 Å². The van der Waals surface area contributed by atoms with Crippen molar-refractivity contribution >= 4 is 24.1 Å². The van der Waals surface area contributed by atoms with E-state index in [1.54, 1.807) is 0 Å². The van der Waals surface area contributed by atoms with Crippen LogP contribution in [0.15, 0.2) is 0 Å². The van der Waals surface area contributed by atoms with Gasteiger partial charge in [0.2, 0.25) is 11.8 Å². The number of rotatable bonds is 23. The van der Waals surface area contributed by atoms with Crippen LogP contribution >= 0.6 is 0 Å². The van der Waals surface area contributed by atoms with Crippen LogP contribution in [0.1, 0.15) is 77.0 Å². The van der Waals surface area contributed by atoms with Crippen molar-refractivity contribution in [3.63, 3.8) is 0 Å². The lowest BCUT2D eigenvalue weighted by Gasteiger charge is -2.08. The molecule has 0 radical (unpaired) electrons. The molecule has 0 spiro atoms. The van der Waals surface area contributed by atoms with Crippen LogP contribution in [-0.4, -0.2) is 68.7 Å². The van der Waals surface area contributed by atoms with E-state index in [9.17, 15) is 19.2 Å². The third-order valence-corrected chi connectivity index (χ3v) is 4.48. The van der Waals surface area contributed by atoms with E-state index in [1.807, 2.05) is 0 Å². The Morgan fingerprint density at radius 1 is 0.645 bits per heavy atom. The average Bonchev–Trinajstić information content (AvgIpc) is 2.74. The minimum Gasteiger partial charge on any atom is -0.481 e. The summed E-state index contributed by atoms with van der Waals surface area (Å²) in [6, 6.07) is 0. The molecule has 3 N–H and O–H groups in total. The van der Waals surface area contributed by atoms with Crippen molar-refractivity contribution in [2.75, 3.05) is 39.5 Å². The van der Waals surface area contributed by atoms with Crippen LogP contribution in [0.3, 0.4) is 0 Å². The van der Waals surface area contributed by atoms with Crippen molar-refractivity contribution in [2.24, 2.45) is 0 Å². The Balaban J connectivity index is 3.22. The van der Waals surface area contributed by atoms with Gasteiger partial charge in [0.15, 0.2) is 0 Å². The molecule has 0 rings (SSSR count). The van der Waals surface area contributed by atoms with Gasteiger partial charge in [-0.2, -0.15) is 0 Å². The molecule has 9 heteroatoms. The molecule has 0 aliphatic rings. The predicted octanol–water partition coefficient (Wildman–Crippen LogP) is 2.22. The van der Waals surface area contributed by atoms with E-state index in [0.717, 1.165) is 51.2 Å². The lowest BCUT2D eigenvalue weighted by molar-refractivity contribution is -0.137. The zero-order valence-electron chi connectivity index (χ0n) is 18.7. The second kappa shape index (κ2) is 22.7. The molecule has 0 heterocycles. The maximum absolute atomic E-state index is 11.7. The third-order valence-electron chi connectivity index (χ3n) is 4.48. The Labute approximate surface area is 185 Å². The van der Waals surface area contributed by atoms with Gasteiger partial charge in [0.1, 0.15) is 6.29 Å². The first-order valence-electron chi connectivity index (χ1n) is 11.4. The standard InChI is InChI=1S/C22H40N2O7/c25-15-7-11-21(27)24-14-9-17-31-19-18-30-16-8-13-23-20(26)10-5-3-1-2-4-6-12-22(28)29/h15H,1-14,16-19H2,(H,23,26)(H,24,27)(H,28,29). The second-order valence-corrected chi connectivity index (χ2v) is 7.35. The number of aliphatic carboxylic acids is 1. The summed E-state index contributed by atoms with van der Waals surface area (Å²) in [5.41, 5.74) is 0. The van der Waals surface area contributed by atoms with Crippen LogP contribution < -0.4 is 10.6 Å². The van der Waals surface area contributed by atoms with Crippen LogP contribution in [0.2, 0.25) is 0 Å². The fourth-order valence-corrected chi connectivity index (χ4v) is 2.76. The van der Waals surface area contributed by atoms with Crippen molar-refractivity contribution < 1.29 is 33.8 Å². The Hall–Kier alpha value is -2.00. The Kier molecular flexibility index (Phi) is 21.2. The first kappa shape index (κ1) is 29.0. The smallest absolute Gasteiger partial charge is 0.303 e. The maximum atomic E-state index is 11.7. The minimum absolute atomic E-state index is 0.0625. The number of hydrogen-bond acceptors (Lipinski definition) is 6. The number of amides is 2. The second-order valence-electron chi connectivity index (χ2n) is 7.35. The average molecular weight is 445 g/mol. The fraction of sp³-hybridized carbons (Fsp3) is 0.818. The Morgan fingerprint density at radius 2 is 1.13 bits per heavy atom. The molecule has 0 aromatic rings. The number of carboxylic acids is 1. The van der Waals surface area contributed by atoms with Gasteiger partial charge in [0.25, 0.3) is 0 Å². The van der Waals surface area contributed by atoms with Gasteiger partial charge in [-0.1, -0.05) is 25.7 Å². The first-order valence-corrected chi connectivity index (χ1v) is 11.4. The molecule has 0 unspecified atom stereocenters. The van der Waals surface area contributed by atoms with E-state index < -0.39 is 5.97 Å². The Bertz CT molecular complexity index is 486. The molecule has 0 aliphatic heterocycles. The molecule has 180 valence electrons. The zero-order valence-corrected chi connectivity index (χ0v) is 18.7. The Morgan fingerprint density at radius 3 is 1.65 bits per heavy atom. The zero-order chi connectivity index (χ0) is 23.0. The largest absolute Gasteiger partial charge is 0.481 e. The van der Waals surface area contributed by atoms with E-state index in [2.05, 4.69) is 10.6 Å². The van der Waals surface area contributed by atoms with Gasteiger partial charge in [0.05, 0.1) is 13.2 Å². The normalized spacial score (nSPS) is 10.6. The number of aldehydes is 1. The van der Waals surface area contributed by atoms with Gasteiger partial charge in [-0.25, -0.2) is 0 Å². The van der Waals surface area contributed by atoms with Crippen molar-refractivity contribution in [3.8, 4) is 0 Å². The quantitative estimate of drug-likeness (QED) is 0.163. The van der Waals surface area contributed by atoms with Gasteiger partial charge < -0.3 is 30.0 Å². The molecule has 0 aromatic heterocycles. The summed E-state index contributed by atoms with van der Waals surface area (Å²) in [5.74, 6) is -0.793. The predicted molar refractivity (Wildman–Crippen MR) is 117 cm³/mol. The molecule has 0 fully saturated rings. The topological polar surface area (TPSA) is 131 Å². The number of ether oxygens (including phenoxy) is 2. The molecule has 31 heavy (non-hydrogen) atoms. The van der Waals surface area contributed by atoms with Gasteiger partial charge in [-0.05, 0) is 25.7 Å². The molecule has 9 nitrogen and oxygen atoms in total. The summed E-state index contributed by atoms with van der Waals surface area (Å²) in [6.45, 7) is 3.21. The van der Waals surface area contributed by atoms with Crippen LogP contribution in [0, 0.1) is 0 Å². The number of unbranched alkanes of at least 4 members (excludes halogenated alkanes) is 5. The van der Waals surface area contributed by atoms with Crippen molar-refractivity contribution in [2.45, 2.75) is 77.0 Å². The molecule has 0 bridgehead atoms. The molecule has 0 saturated heterocycles.